The van der Waals surface area contributed by atoms with Gasteiger partial charge in [-0.15, -0.1) is 0 Å². The number of halogens is 2. The van der Waals surface area contributed by atoms with E-state index in [2.05, 4.69) is 5.32 Å². The van der Waals surface area contributed by atoms with Gasteiger partial charge in [0.05, 0.1) is 5.02 Å². The fraction of sp³-hybridized carbons (Fsp3) is 0.333. The normalized spacial score (nSPS) is 12.6. The Morgan fingerprint density at radius 1 is 1.62 bits per heavy atom. The first-order chi connectivity index (χ1) is 6.09. The van der Waals surface area contributed by atoms with Gasteiger partial charge >= 0.3 is 0 Å². The standard InChI is InChI=1S/C9H12ClFN2/c1-6(12)5-13-7-2-3-9(11)8(10)4-7/h2-4,6,13H,5,12H2,1H3. The number of anilines is 1. The molecule has 1 aromatic carbocycles. The van der Waals surface area contributed by atoms with Crippen LogP contribution in [0.25, 0.3) is 0 Å². The van der Waals surface area contributed by atoms with Crippen LogP contribution in [0.5, 0.6) is 0 Å². The monoisotopic (exact) mass is 202 g/mol. The first kappa shape index (κ1) is 10.3. The Morgan fingerprint density at radius 3 is 2.85 bits per heavy atom. The van der Waals surface area contributed by atoms with Gasteiger partial charge in [0, 0.05) is 18.3 Å². The summed E-state index contributed by atoms with van der Waals surface area (Å²) in [4.78, 5) is 0. The van der Waals surface area contributed by atoms with Crippen molar-refractivity contribution >= 4 is 17.3 Å². The van der Waals surface area contributed by atoms with Gasteiger partial charge in [-0.25, -0.2) is 4.39 Å². The molecule has 0 spiro atoms. The number of benzene rings is 1. The Morgan fingerprint density at radius 2 is 2.31 bits per heavy atom. The fourth-order valence-electron chi connectivity index (χ4n) is 0.885. The maximum Gasteiger partial charge on any atom is 0.141 e. The van der Waals surface area contributed by atoms with Gasteiger partial charge in [0.2, 0.25) is 0 Å². The predicted octanol–water partition coefficient (Wildman–Crippen LogP) is 2.24. The molecule has 4 heteroatoms. The van der Waals surface area contributed by atoms with E-state index in [9.17, 15) is 4.39 Å². The van der Waals surface area contributed by atoms with Crippen molar-refractivity contribution in [1.29, 1.82) is 0 Å². The van der Waals surface area contributed by atoms with Crippen molar-refractivity contribution in [3.05, 3.63) is 29.0 Å². The summed E-state index contributed by atoms with van der Waals surface area (Å²) in [6, 6.07) is 4.55. The van der Waals surface area contributed by atoms with Crippen molar-refractivity contribution in [3.63, 3.8) is 0 Å². The van der Waals surface area contributed by atoms with Crippen molar-refractivity contribution in [2.45, 2.75) is 13.0 Å². The molecule has 1 aromatic rings. The van der Waals surface area contributed by atoms with Crippen LogP contribution in [0, 0.1) is 5.82 Å². The lowest BCUT2D eigenvalue weighted by Crippen LogP contribution is -2.25. The Hall–Kier alpha value is -0.800. The molecular formula is C9H12ClFN2. The lowest BCUT2D eigenvalue weighted by atomic mass is 10.3. The maximum absolute atomic E-state index is 12.7. The van der Waals surface area contributed by atoms with Crippen LogP contribution in [0.15, 0.2) is 18.2 Å². The number of hydrogen-bond donors (Lipinski definition) is 2. The molecule has 0 saturated carbocycles. The van der Waals surface area contributed by atoms with Crippen LogP contribution in [0.4, 0.5) is 10.1 Å². The van der Waals surface area contributed by atoms with E-state index in [1.165, 1.54) is 6.07 Å². The topological polar surface area (TPSA) is 38.0 Å². The van der Waals surface area contributed by atoms with Gasteiger partial charge in [0.15, 0.2) is 0 Å². The summed E-state index contributed by atoms with van der Waals surface area (Å²) in [7, 11) is 0. The van der Waals surface area contributed by atoms with E-state index in [0.717, 1.165) is 5.69 Å². The maximum atomic E-state index is 12.7. The van der Waals surface area contributed by atoms with Crippen LogP contribution >= 0.6 is 11.6 Å². The van der Waals surface area contributed by atoms with Crippen LogP contribution < -0.4 is 11.1 Å². The summed E-state index contributed by atoms with van der Waals surface area (Å²) in [5, 5.41) is 3.16. The van der Waals surface area contributed by atoms with Crippen LogP contribution in [0.1, 0.15) is 6.92 Å². The molecule has 0 aliphatic heterocycles. The molecule has 0 fully saturated rings. The summed E-state index contributed by atoms with van der Waals surface area (Å²) in [5.74, 6) is -0.409. The highest BCUT2D eigenvalue weighted by molar-refractivity contribution is 6.31. The second-order valence-corrected chi connectivity index (χ2v) is 3.39. The minimum Gasteiger partial charge on any atom is -0.383 e. The number of nitrogens with two attached hydrogens (primary N) is 1. The second-order valence-electron chi connectivity index (χ2n) is 2.99. The van der Waals surface area contributed by atoms with Gasteiger partial charge in [-0.1, -0.05) is 11.6 Å². The van der Waals surface area contributed by atoms with Crippen molar-refractivity contribution in [2.24, 2.45) is 5.73 Å². The lowest BCUT2D eigenvalue weighted by molar-refractivity contribution is 0.628. The van der Waals surface area contributed by atoms with E-state index >= 15 is 0 Å². The molecule has 0 radical (unpaired) electrons. The molecule has 0 amide bonds. The van der Waals surface area contributed by atoms with E-state index in [0.29, 0.717) is 6.54 Å². The molecule has 1 atom stereocenters. The van der Waals surface area contributed by atoms with E-state index in [1.54, 1.807) is 12.1 Å². The zero-order valence-corrected chi connectivity index (χ0v) is 8.11. The third-order valence-corrected chi connectivity index (χ3v) is 1.84. The Balaban J connectivity index is 2.63. The van der Waals surface area contributed by atoms with E-state index < -0.39 is 5.82 Å². The molecule has 13 heavy (non-hydrogen) atoms. The number of rotatable bonds is 3. The number of nitrogens with one attached hydrogen (secondary N) is 1. The number of hydrogen-bond acceptors (Lipinski definition) is 2. The summed E-state index contributed by atoms with van der Waals surface area (Å²) >= 11 is 5.58. The van der Waals surface area contributed by atoms with Crippen LogP contribution in [-0.4, -0.2) is 12.6 Å². The molecule has 2 nitrogen and oxygen atoms in total. The molecular weight excluding hydrogens is 191 g/mol. The van der Waals surface area contributed by atoms with Gasteiger partial charge in [0.1, 0.15) is 5.82 Å². The second kappa shape index (κ2) is 4.44. The molecule has 1 unspecified atom stereocenters. The molecule has 0 heterocycles. The summed E-state index contributed by atoms with van der Waals surface area (Å²) < 4.78 is 12.7. The SMILES string of the molecule is CC(N)CNc1ccc(F)c(Cl)c1. The average Bonchev–Trinajstić information content (AvgIpc) is 2.07. The minimum absolute atomic E-state index is 0.0591. The molecule has 0 saturated heterocycles. The fourth-order valence-corrected chi connectivity index (χ4v) is 1.07. The predicted molar refractivity (Wildman–Crippen MR) is 53.5 cm³/mol. The van der Waals surface area contributed by atoms with Gasteiger partial charge < -0.3 is 11.1 Å². The first-order valence-electron chi connectivity index (χ1n) is 4.04. The average molecular weight is 203 g/mol. The van der Waals surface area contributed by atoms with Crippen molar-refractivity contribution < 1.29 is 4.39 Å². The highest BCUT2D eigenvalue weighted by Gasteiger charge is 2.00. The van der Waals surface area contributed by atoms with Crippen molar-refractivity contribution in [1.82, 2.24) is 0 Å². The quantitative estimate of drug-likeness (QED) is 0.789. The third-order valence-electron chi connectivity index (χ3n) is 1.55. The lowest BCUT2D eigenvalue weighted by Gasteiger charge is -2.09. The molecule has 1 rings (SSSR count). The summed E-state index contributed by atoms with van der Waals surface area (Å²) in [5.41, 5.74) is 6.32. The van der Waals surface area contributed by atoms with Crippen molar-refractivity contribution in [3.8, 4) is 0 Å². The van der Waals surface area contributed by atoms with Gasteiger partial charge in [-0.3, -0.25) is 0 Å². The van der Waals surface area contributed by atoms with E-state index in [-0.39, 0.29) is 11.1 Å². The highest BCUT2D eigenvalue weighted by atomic mass is 35.5. The van der Waals surface area contributed by atoms with Crippen LogP contribution in [-0.2, 0) is 0 Å². The zero-order chi connectivity index (χ0) is 9.84. The summed E-state index contributed by atoms with van der Waals surface area (Å²) in [6.07, 6.45) is 0. The van der Waals surface area contributed by atoms with Crippen LogP contribution in [0.2, 0.25) is 5.02 Å². The van der Waals surface area contributed by atoms with Gasteiger partial charge in [0.25, 0.3) is 0 Å². The Bertz CT molecular complexity index is 289. The van der Waals surface area contributed by atoms with Gasteiger partial charge in [-0.2, -0.15) is 0 Å². The molecule has 0 aliphatic carbocycles. The molecule has 3 N–H and O–H groups in total. The highest BCUT2D eigenvalue weighted by Crippen LogP contribution is 2.18. The molecule has 72 valence electrons. The zero-order valence-electron chi connectivity index (χ0n) is 7.35. The Kier molecular flexibility index (Phi) is 3.51. The van der Waals surface area contributed by atoms with E-state index in [4.69, 9.17) is 17.3 Å². The third kappa shape index (κ3) is 3.20. The Labute approximate surface area is 81.9 Å². The summed E-state index contributed by atoms with van der Waals surface area (Å²) in [6.45, 7) is 2.53. The smallest absolute Gasteiger partial charge is 0.141 e. The molecule has 0 aromatic heterocycles. The first-order valence-corrected chi connectivity index (χ1v) is 4.42. The molecule has 0 bridgehead atoms. The molecule has 0 aliphatic rings. The van der Waals surface area contributed by atoms with Gasteiger partial charge in [-0.05, 0) is 25.1 Å². The minimum atomic E-state index is -0.409. The largest absolute Gasteiger partial charge is 0.383 e. The van der Waals surface area contributed by atoms with Crippen LogP contribution in [0.3, 0.4) is 0 Å². The van der Waals surface area contributed by atoms with E-state index in [1.807, 2.05) is 6.92 Å². The van der Waals surface area contributed by atoms with Crippen molar-refractivity contribution in [2.75, 3.05) is 11.9 Å².